The fourth-order valence-electron chi connectivity index (χ4n) is 1.70. The Hall–Kier alpha value is -0.910. The number of nitrogens with one attached hydrogen (secondary N) is 2. The van der Waals surface area contributed by atoms with Crippen LogP contribution in [0.5, 0.6) is 0 Å². The van der Waals surface area contributed by atoms with E-state index >= 15 is 0 Å². The Morgan fingerprint density at radius 1 is 1.33 bits per heavy atom. The predicted molar refractivity (Wildman–Crippen MR) is 72.9 cm³/mol. The summed E-state index contributed by atoms with van der Waals surface area (Å²) in [6.45, 7) is 3.95. The molecule has 3 N–H and O–H groups in total. The zero-order valence-electron chi connectivity index (χ0n) is 11.2. The fourth-order valence-corrected chi connectivity index (χ4v) is 2.62. The van der Waals surface area contributed by atoms with Crippen LogP contribution in [0.1, 0.15) is 33.1 Å². The lowest BCUT2D eigenvalue weighted by Gasteiger charge is -2.40. The maximum atomic E-state index is 11.6. The monoisotopic (exact) mass is 274 g/mol. The molecule has 1 aliphatic rings. The molecule has 0 spiro atoms. The average molecular weight is 274 g/mol. The molecule has 5 nitrogen and oxygen atoms in total. The Morgan fingerprint density at radius 2 is 1.94 bits per heavy atom. The normalized spacial score (nSPS) is 17.7. The maximum absolute atomic E-state index is 11.6. The quantitative estimate of drug-likeness (QED) is 0.688. The molecule has 1 fully saturated rings. The van der Waals surface area contributed by atoms with E-state index in [0.717, 1.165) is 12.8 Å². The van der Waals surface area contributed by atoms with E-state index < -0.39 is 11.4 Å². The summed E-state index contributed by atoms with van der Waals surface area (Å²) in [5.41, 5.74) is -0.939. The minimum atomic E-state index is -0.939. The van der Waals surface area contributed by atoms with Crippen LogP contribution in [0.15, 0.2) is 0 Å². The van der Waals surface area contributed by atoms with E-state index in [1.807, 2.05) is 0 Å². The predicted octanol–water partition coefficient (Wildman–Crippen LogP) is 1.68. The van der Waals surface area contributed by atoms with Gasteiger partial charge in [0.25, 0.3) is 0 Å². The number of carbonyl (C=O) groups is 2. The number of carboxylic acid groups (broad SMARTS) is 1. The molecule has 6 heteroatoms. The maximum Gasteiger partial charge on any atom is 0.314 e. The van der Waals surface area contributed by atoms with Gasteiger partial charge >= 0.3 is 12.0 Å². The highest BCUT2D eigenvalue weighted by molar-refractivity contribution is 8.00. The third-order valence-electron chi connectivity index (χ3n) is 3.54. The highest BCUT2D eigenvalue weighted by Crippen LogP contribution is 2.42. The van der Waals surface area contributed by atoms with Gasteiger partial charge in [-0.3, -0.25) is 4.79 Å². The van der Waals surface area contributed by atoms with E-state index in [2.05, 4.69) is 16.9 Å². The molecule has 0 heterocycles. The third kappa shape index (κ3) is 3.80. The van der Waals surface area contributed by atoms with Crippen molar-refractivity contribution >= 4 is 23.8 Å². The largest absolute Gasteiger partial charge is 0.481 e. The second kappa shape index (κ2) is 5.82. The minimum Gasteiger partial charge on any atom is -0.481 e. The lowest BCUT2D eigenvalue weighted by Crippen LogP contribution is -2.50. The topological polar surface area (TPSA) is 78.4 Å². The lowest BCUT2D eigenvalue weighted by molar-refractivity contribution is -0.146. The van der Waals surface area contributed by atoms with E-state index in [1.165, 1.54) is 6.42 Å². The molecule has 18 heavy (non-hydrogen) atoms. The minimum absolute atomic E-state index is 0.125. The molecular formula is C12H22N2O3S. The summed E-state index contributed by atoms with van der Waals surface area (Å²) in [7, 11) is 0. The number of hydrogen-bond acceptors (Lipinski definition) is 3. The molecule has 0 aromatic carbocycles. The Bertz CT molecular complexity index is 322. The van der Waals surface area contributed by atoms with Crippen molar-refractivity contribution in [2.75, 3.05) is 19.3 Å². The van der Waals surface area contributed by atoms with Gasteiger partial charge in [0.1, 0.15) is 0 Å². The first-order valence-corrected chi connectivity index (χ1v) is 7.34. The van der Waals surface area contributed by atoms with Crippen molar-refractivity contribution in [1.29, 1.82) is 0 Å². The summed E-state index contributed by atoms with van der Waals surface area (Å²) in [6.07, 6.45) is 5.55. The zero-order valence-corrected chi connectivity index (χ0v) is 12.0. The summed E-state index contributed by atoms with van der Waals surface area (Å²) in [5.74, 6) is -0.914. The number of rotatable bonds is 6. The van der Waals surface area contributed by atoms with Gasteiger partial charge in [-0.1, -0.05) is 6.42 Å². The molecular weight excluding hydrogens is 252 g/mol. The third-order valence-corrected chi connectivity index (χ3v) is 4.96. The van der Waals surface area contributed by atoms with Gasteiger partial charge in [-0.2, -0.15) is 11.8 Å². The number of carboxylic acids is 1. The number of carbonyl (C=O) groups excluding carboxylic acids is 1. The van der Waals surface area contributed by atoms with Crippen LogP contribution in [-0.4, -0.2) is 41.2 Å². The van der Waals surface area contributed by atoms with E-state index in [1.54, 1.807) is 25.6 Å². The van der Waals surface area contributed by atoms with Gasteiger partial charge in [0.05, 0.1) is 5.41 Å². The van der Waals surface area contributed by atoms with Crippen LogP contribution < -0.4 is 10.6 Å². The fraction of sp³-hybridized carbons (Fsp3) is 0.833. The number of urea groups is 1. The molecule has 0 aromatic heterocycles. The number of amides is 2. The highest BCUT2D eigenvalue weighted by atomic mass is 32.2. The second-order valence-corrected chi connectivity index (χ2v) is 6.74. The van der Waals surface area contributed by atoms with Gasteiger partial charge in [-0.15, -0.1) is 0 Å². The zero-order chi connectivity index (χ0) is 13.8. The summed E-state index contributed by atoms with van der Waals surface area (Å²) < 4.78 is 0.194. The van der Waals surface area contributed by atoms with Crippen LogP contribution in [-0.2, 0) is 4.79 Å². The van der Waals surface area contributed by atoms with Crippen LogP contribution >= 0.6 is 11.8 Å². The molecule has 0 aromatic rings. The molecule has 0 aliphatic heterocycles. The summed E-state index contributed by atoms with van der Waals surface area (Å²) in [5, 5.41) is 14.4. The van der Waals surface area contributed by atoms with Gasteiger partial charge in [-0.25, -0.2) is 4.79 Å². The van der Waals surface area contributed by atoms with Gasteiger partial charge in [-0.05, 0) is 32.9 Å². The molecule has 1 aliphatic carbocycles. The number of aliphatic carboxylic acids is 1. The van der Waals surface area contributed by atoms with Crippen molar-refractivity contribution < 1.29 is 14.7 Å². The first-order chi connectivity index (χ1) is 8.31. The van der Waals surface area contributed by atoms with Gasteiger partial charge in [0.2, 0.25) is 0 Å². The molecule has 0 atom stereocenters. The van der Waals surface area contributed by atoms with Gasteiger partial charge < -0.3 is 15.7 Å². The van der Waals surface area contributed by atoms with E-state index in [-0.39, 0.29) is 17.3 Å². The molecule has 2 amide bonds. The van der Waals surface area contributed by atoms with Crippen LogP contribution in [0.4, 0.5) is 4.79 Å². The van der Waals surface area contributed by atoms with E-state index in [9.17, 15) is 9.59 Å². The molecule has 0 saturated heterocycles. The SMILES string of the molecule is CSC1(CNC(=O)NCC(C)(C)C(=O)O)CCC1. The van der Waals surface area contributed by atoms with Crippen LogP contribution in [0.2, 0.25) is 0 Å². The molecule has 104 valence electrons. The number of thioether (sulfide) groups is 1. The van der Waals surface area contributed by atoms with E-state index in [0.29, 0.717) is 6.54 Å². The van der Waals surface area contributed by atoms with Crippen molar-refractivity contribution in [3.05, 3.63) is 0 Å². The molecule has 0 unspecified atom stereocenters. The van der Waals surface area contributed by atoms with Crippen LogP contribution in [0.25, 0.3) is 0 Å². The Morgan fingerprint density at radius 3 is 2.33 bits per heavy atom. The number of hydrogen-bond donors (Lipinski definition) is 3. The Kier molecular flexibility index (Phi) is 4.90. The van der Waals surface area contributed by atoms with E-state index in [4.69, 9.17) is 5.11 Å². The van der Waals surface area contributed by atoms with Gasteiger partial charge in [0, 0.05) is 17.8 Å². The molecule has 1 saturated carbocycles. The molecule has 0 radical (unpaired) electrons. The summed E-state index contributed by atoms with van der Waals surface area (Å²) in [6, 6.07) is -0.287. The van der Waals surface area contributed by atoms with Crippen molar-refractivity contribution in [2.45, 2.75) is 37.9 Å². The lowest BCUT2D eigenvalue weighted by atomic mass is 9.84. The summed E-state index contributed by atoms with van der Waals surface area (Å²) >= 11 is 1.79. The standard InChI is InChI=1S/C12H22N2O3S/c1-11(2,9(15)16)7-13-10(17)14-8-12(18-3)5-4-6-12/h4-8H2,1-3H3,(H,15,16)(H2,13,14,17). The average Bonchev–Trinajstić information content (AvgIpc) is 2.25. The second-order valence-electron chi connectivity index (χ2n) is 5.47. The first kappa shape index (κ1) is 15.1. The molecule has 0 bridgehead atoms. The Labute approximate surface area is 112 Å². The van der Waals surface area contributed by atoms with Crippen LogP contribution in [0, 0.1) is 5.41 Å². The van der Waals surface area contributed by atoms with Crippen molar-refractivity contribution in [2.24, 2.45) is 5.41 Å². The highest BCUT2D eigenvalue weighted by Gasteiger charge is 2.36. The smallest absolute Gasteiger partial charge is 0.314 e. The Balaban J connectivity index is 2.28. The van der Waals surface area contributed by atoms with Crippen molar-refractivity contribution in [3.63, 3.8) is 0 Å². The van der Waals surface area contributed by atoms with Crippen LogP contribution in [0.3, 0.4) is 0 Å². The first-order valence-electron chi connectivity index (χ1n) is 6.12. The molecule has 1 rings (SSSR count). The van der Waals surface area contributed by atoms with Gasteiger partial charge in [0.15, 0.2) is 0 Å². The van der Waals surface area contributed by atoms with Crippen molar-refractivity contribution in [1.82, 2.24) is 10.6 Å². The van der Waals surface area contributed by atoms with Crippen molar-refractivity contribution in [3.8, 4) is 0 Å². The summed E-state index contributed by atoms with van der Waals surface area (Å²) in [4.78, 5) is 22.5.